The van der Waals surface area contributed by atoms with Crippen LogP contribution in [-0.2, 0) is 11.3 Å². The highest BCUT2D eigenvalue weighted by Crippen LogP contribution is 2.06. The van der Waals surface area contributed by atoms with Crippen molar-refractivity contribution < 1.29 is 9.53 Å². The molecule has 0 saturated carbocycles. The smallest absolute Gasteiger partial charge is 0.338 e. The van der Waals surface area contributed by atoms with Gasteiger partial charge in [-0.05, 0) is 37.6 Å². The standard InChI is InChI=1S/C19H18N2O4/c1-13-7-9-14(10-8-13)18(23)25-12-4-11-21-17(22)15-5-2-3-6-16(15)20-19(21)24/h2-3,5-10H,4,11-12H2,1H3,(H,20,24). The average molecular weight is 338 g/mol. The van der Waals surface area contributed by atoms with E-state index in [1.165, 1.54) is 0 Å². The summed E-state index contributed by atoms with van der Waals surface area (Å²) in [5.41, 5.74) is 1.25. The molecule has 0 aliphatic carbocycles. The van der Waals surface area contributed by atoms with Crippen LogP contribution in [0.3, 0.4) is 0 Å². The van der Waals surface area contributed by atoms with Crippen molar-refractivity contribution >= 4 is 16.9 Å². The normalized spacial score (nSPS) is 10.8. The molecule has 0 atom stereocenters. The van der Waals surface area contributed by atoms with Crippen molar-refractivity contribution in [3.05, 3.63) is 80.5 Å². The predicted octanol–water partition coefficient (Wildman–Crippen LogP) is 2.25. The average Bonchev–Trinajstić information content (AvgIpc) is 2.61. The lowest BCUT2D eigenvalue weighted by Gasteiger charge is -2.07. The van der Waals surface area contributed by atoms with Gasteiger partial charge < -0.3 is 9.72 Å². The van der Waals surface area contributed by atoms with Crippen molar-refractivity contribution in [3.8, 4) is 0 Å². The lowest BCUT2D eigenvalue weighted by atomic mass is 10.1. The largest absolute Gasteiger partial charge is 0.462 e. The van der Waals surface area contributed by atoms with E-state index in [0.29, 0.717) is 22.9 Å². The van der Waals surface area contributed by atoms with Gasteiger partial charge in [0.1, 0.15) is 0 Å². The Morgan fingerprint density at radius 1 is 1.08 bits per heavy atom. The summed E-state index contributed by atoms with van der Waals surface area (Å²) in [7, 11) is 0. The van der Waals surface area contributed by atoms with Gasteiger partial charge in [-0.15, -0.1) is 0 Å². The Bertz CT molecular complexity index is 1020. The van der Waals surface area contributed by atoms with Gasteiger partial charge in [0, 0.05) is 6.54 Å². The van der Waals surface area contributed by atoms with Crippen LogP contribution in [0.15, 0.2) is 58.1 Å². The van der Waals surface area contributed by atoms with E-state index in [-0.39, 0.29) is 18.7 Å². The van der Waals surface area contributed by atoms with Crippen LogP contribution in [0.25, 0.3) is 10.9 Å². The Kier molecular flexibility index (Phi) is 4.79. The first-order valence-electron chi connectivity index (χ1n) is 8.02. The molecule has 0 aliphatic rings. The molecule has 2 aromatic carbocycles. The number of esters is 1. The number of aryl methyl sites for hydroxylation is 1. The zero-order chi connectivity index (χ0) is 17.8. The van der Waals surface area contributed by atoms with Crippen LogP contribution in [-0.4, -0.2) is 22.1 Å². The molecule has 0 amide bonds. The van der Waals surface area contributed by atoms with E-state index in [1.54, 1.807) is 36.4 Å². The molecular weight excluding hydrogens is 320 g/mol. The molecule has 0 spiro atoms. The first-order chi connectivity index (χ1) is 12.1. The van der Waals surface area contributed by atoms with Crippen LogP contribution >= 0.6 is 0 Å². The van der Waals surface area contributed by atoms with Crippen molar-refractivity contribution in [2.24, 2.45) is 0 Å². The van der Waals surface area contributed by atoms with Crippen LogP contribution in [0.1, 0.15) is 22.3 Å². The number of H-pyrrole nitrogens is 1. The molecule has 1 N–H and O–H groups in total. The third-order valence-corrected chi connectivity index (χ3v) is 3.94. The van der Waals surface area contributed by atoms with E-state index < -0.39 is 11.7 Å². The molecule has 1 heterocycles. The Balaban J connectivity index is 1.63. The molecule has 1 aromatic heterocycles. The molecule has 0 aliphatic heterocycles. The fourth-order valence-corrected chi connectivity index (χ4v) is 2.56. The molecule has 0 fully saturated rings. The first-order valence-corrected chi connectivity index (χ1v) is 8.02. The molecule has 0 bridgehead atoms. The summed E-state index contributed by atoms with van der Waals surface area (Å²) >= 11 is 0. The van der Waals surface area contributed by atoms with E-state index in [4.69, 9.17) is 4.74 Å². The zero-order valence-corrected chi connectivity index (χ0v) is 13.8. The SMILES string of the molecule is Cc1ccc(C(=O)OCCCn2c(=O)[nH]c3ccccc3c2=O)cc1. The Hall–Kier alpha value is -3.15. The summed E-state index contributed by atoms with van der Waals surface area (Å²) in [6.45, 7) is 2.25. The number of rotatable bonds is 5. The highest BCUT2D eigenvalue weighted by molar-refractivity contribution is 5.89. The third kappa shape index (κ3) is 3.68. The van der Waals surface area contributed by atoms with Crippen LogP contribution in [0.2, 0.25) is 0 Å². The van der Waals surface area contributed by atoms with Crippen LogP contribution in [0.4, 0.5) is 0 Å². The maximum atomic E-state index is 12.4. The van der Waals surface area contributed by atoms with E-state index in [9.17, 15) is 14.4 Å². The number of benzene rings is 2. The fourth-order valence-electron chi connectivity index (χ4n) is 2.56. The van der Waals surface area contributed by atoms with Gasteiger partial charge in [0.05, 0.1) is 23.1 Å². The van der Waals surface area contributed by atoms with Gasteiger partial charge in [-0.3, -0.25) is 9.36 Å². The third-order valence-electron chi connectivity index (χ3n) is 3.94. The minimum absolute atomic E-state index is 0.130. The quantitative estimate of drug-likeness (QED) is 0.571. The lowest BCUT2D eigenvalue weighted by molar-refractivity contribution is 0.0495. The Morgan fingerprint density at radius 2 is 1.80 bits per heavy atom. The van der Waals surface area contributed by atoms with Gasteiger partial charge in [0.25, 0.3) is 5.56 Å². The molecule has 25 heavy (non-hydrogen) atoms. The number of fused-ring (bicyclic) bond motifs is 1. The minimum Gasteiger partial charge on any atom is -0.462 e. The van der Waals surface area contributed by atoms with Crippen molar-refractivity contribution in [2.45, 2.75) is 19.9 Å². The summed E-state index contributed by atoms with van der Waals surface area (Å²) in [4.78, 5) is 39.0. The van der Waals surface area contributed by atoms with Crippen LogP contribution < -0.4 is 11.2 Å². The highest BCUT2D eigenvalue weighted by atomic mass is 16.5. The lowest BCUT2D eigenvalue weighted by Crippen LogP contribution is -2.35. The van der Waals surface area contributed by atoms with E-state index in [1.807, 2.05) is 19.1 Å². The molecule has 6 heteroatoms. The molecular formula is C19H18N2O4. The van der Waals surface area contributed by atoms with Crippen LogP contribution in [0, 0.1) is 6.92 Å². The van der Waals surface area contributed by atoms with Gasteiger partial charge in [-0.1, -0.05) is 29.8 Å². The predicted molar refractivity (Wildman–Crippen MR) is 94.9 cm³/mol. The summed E-state index contributed by atoms with van der Waals surface area (Å²) in [6.07, 6.45) is 0.374. The molecule has 128 valence electrons. The molecule has 3 rings (SSSR count). The maximum Gasteiger partial charge on any atom is 0.338 e. The van der Waals surface area contributed by atoms with Gasteiger partial charge in [-0.2, -0.15) is 0 Å². The summed E-state index contributed by atoms with van der Waals surface area (Å²) in [5, 5.41) is 0.457. The Morgan fingerprint density at radius 3 is 2.56 bits per heavy atom. The van der Waals surface area contributed by atoms with E-state index in [0.717, 1.165) is 10.1 Å². The number of hydrogen-bond donors (Lipinski definition) is 1. The highest BCUT2D eigenvalue weighted by Gasteiger charge is 2.09. The number of nitrogens with zero attached hydrogens (tertiary/aromatic N) is 1. The maximum absolute atomic E-state index is 12.4. The number of carbonyl (C=O) groups is 1. The summed E-state index contributed by atoms with van der Waals surface area (Å²) in [6, 6.07) is 13.9. The van der Waals surface area contributed by atoms with E-state index >= 15 is 0 Å². The first kappa shape index (κ1) is 16.7. The van der Waals surface area contributed by atoms with Crippen molar-refractivity contribution in [3.63, 3.8) is 0 Å². The number of hydrogen-bond acceptors (Lipinski definition) is 4. The minimum atomic E-state index is -0.464. The van der Waals surface area contributed by atoms with Gasteiger partial charge in [0.15, 0.2) is 0 Å². The Labute approximate surface area is 143 Å². The molecule has 6 nitrogen and oxygen atoms in total. The molecule has 3 aromatic rings. The second kappa shape index (κ2) is 7.17. The van der Waals surface area contributed by atoms with E-state index in [2.05, 4.69) is 4.98 Å². The second-order valence-corrected chi connectivity index (χ2v) is 5.79. The van der Waals surface area contributed by atoms with Crippen molar-refractivity contribution in [2.75, 3.05) is 6.61 Å². The zero-order valence-electron chi connectivity index (χ0n) is 13.8. The number of carbonyl (C=O) groups excluding carboxylic acids is 1. The number of ether oxygens (including phenoxy) is 1. The number of aromatic amines is 1. The topological polar surface area (TPSA) is 81.2 Å². The summed E-state index contributed by atoms with van der Waals surface area (Å²) in [5.74, 6) is -0.417. The van der Waals surface area contributed by atoms with Gasteiger partial charge in [-0.25, -0.2) is 9.59 Å². The second-order valence-electron chi connectivity index (χ2n) is 5.79. The molecule has 0 saturated heterocycles. The van der Waals surface area contributed by atoms with Gasteiger partial charge >= 0.3 is 11.7 Å². The molecule has 0 radical (unpaired) electrons. The fraction of sp³-hybridized carbons (Fsp3) is 0.211. The number of nitrogens with one attached hydrogen (secondary N) is 1. The number of aromatic nitrogens is 2. The van der Waals surface area contributed by atoms with Gasteiger partial charge in [0.2, 0.25) is 0 Å². The monoisotopic (exact) mass is 338 g/mol. The van der Waals surface area contributed by atoms with Crippen molar-refractivity contribution in [1.82, 2.24) is 9.55 Å². The molecule has 0 unspecified atom stereocenters. The summed E-state index contributed by atoms with van der Waals surface area (Å²) < 4.78 is 6.32. The van der Waals surface area contributed by atoms with Crippen LogP contribution in [0.5, 0.6) is 0 Å². The van der Waals surface area contributed by atoms with Crippen molar-refractivity contribution in [1.29, 1.82) is 0 Å². The number of para-hydroxylation sites is 1.